The van der Waals surface area contributed by atoms with Gasteiger partial charge in [-0.3, -0.25) is 0 Å². The van der Waals surface area contributed by atoms with Crippen molar-refractivity contribution in [2.24, 2.45) is 0 Å². The van der Waals surface area contributed by atoms with Gasteiger partial charge in [0.25, 0.3) is 7.12 Å². The second-order valence-electron chi connectivity index (χ2n) is 3.65. The van der Waals surface area contributed by atoms with Crippen LogP contribution in [0.1, 0.15) is 0 Å². The largest absolute Gasteiger partial charge is 1.00 e. The van der Waals surface area contributed by atoms with Crippen LogP contribution in [0, 0.1) is 0 Å². The predicted octanol–water partition coefficient (Wildman–Crippen LogP) is -3.06. The Hall–Kier alpha value is -1.31. The van der Waals surface area contributed by atoms with Crippen molar-refractivity contribution in [3.05, 3.63) is 56.2 Å². The first kappa shape index (κ1) is 12.2. The summed E-state index contributed by atoms with van der Waals surface area (Å²) in [5.74, 6) is 0. The molecule has 0 aliphatic heterocycles. The Kier molecular flexibility index (Phi) is 3.83. The predicted molar refractivity (Wildman–Crippen MR) is 60.0 cm³/mol. The summed E-state index contributed by atoms with van der Waals surface area (Å²) < 4.78 is 6.18. The second-order valence-corrected chi connectivity index (χ2v) is 3.65. The van der Waals surface area contributed by atoms with Gasteiger partial charge in [0, 0.05) is 18.6 Å². The van der Waals surface area contributed by atoms with Crippen molar-refractivity contribution in [3.63, 3.8) is 0 Å². The van der Waals surface area contributed by atoms with E-state index in [9.17, 15) is 0 Å². The minimum Gasteiger partial charge on any atom is -0.477 e. The van der Waals surface area contributed by atoms with Crippen LogP contribution in [0.5, 0.6) is 0 Å². The Morgan fingerprint density at radius 3 is 1.24 bits per heavy atom. The van der Waals surface area contributed by atoms with E-state index in [4.69, 9.17) is 0 Å². The molecule has 3 aromatic heterocycles. The van der Waals surface area contributed by atoms with Gasteiger partial charge in [-0.15, -0.1) is 0 Å². The average molecular weight is 236 g/mol. The van der Waals surface area contributed by atoms with Crippen molar-refractivity contribution >= 4 is 7.12 Å². The standard InChI is InChI=1S/C9H10BN6.Na/c1-4-14(7-11-1)10(15-5-2-12-8-15)16-6-3-13-9-16;/h1-10H;/q-1;+1. The summed E-state index contributed by atoms with van der Waals surface area (Å²) in [5, 5.41) is 0. The molecule has 0 radical (unpaired) electrons. The number of aromatic nitrogens is 6. The SMILES string of the molecule is [Na+].c1cn([BH-](n2ccnc2)n2ccnc2)cn1. The first-order chi connectivity index (χ1) is 7.95. The van der Waals surface area contributed by atoms with Crippen LogP contribution in [-0.2, 0) is 0 Å². The fraction of sp³-hybridized carbons (Fsp3) is 0. The van der Waals surface area contributed by atoms with E-state index in [0.717, 1.165) is 0 Å². The van der Waals surface area contributed by atoms with Crippen molar-refractivity contribution in [2.45, 2.75) is 0 Å². The quantitative estimate of drug-likeness (QED) is 0.454. The molecule has 0 bridgehead atoms. The van der Waals surface area contributed by atoms with Crippen molar-refractivity contribution < 1.29 is 29.6 Å². The van der Waals surface area contributed by atoms with Crippen molar-refractivity contribution in [1.82, 2.24) is 28.4 Å². The Labute approximate surface area is 121 Å². The van der Waals surface area contributed by atoms with Crippen LogP contribution in [0.2, 0.25) is 0 Å². The van der Waals surface area contributed by atoms with Gasteiger partial charge < -0.3 is 13.4 Å². The molecule has 0 N–H and O–H groups in total. The Morgan fingerprint density at radius 1 is 0.647 bits per heavy atom. The molecule has 0 atom stereocenters. The molecule has 8 heteroatoms. The average Bonchev–Trinajstić information content (AvgIpc) is 3.02. The Balaban J connectivity index is 0.00000108. The smallest absolute Gasteiger partial charge is 0.477 e. The molecule has 0 saturated carbocycles. The summed E-state index contributed by atoms with van der Waals surface area (Å²) in [4.78, 5) is 12.2. The summed E-state index contributed by atoms with van der Waals surface area (Å²) >= 11 is 0. The van der Waals surface area contributed by atoms with E-state index in [2.05, 4.69) is 28.4 Å². The fourth-order valence-electron chi connectivity index (χ4n) is 1.93. The molecular weight excluding hydrogens is 226 g/mol. The van der Waals surface area contributed by atoms with Crippen LogP contribution in [0.25, 0.3) is 0 Å². The summed E-state index contributed by atoms with van der Waals surface area (Å²) in [6, 6.07) is 0. The zero-order chi connectivity index (χ0) is 10.8. The Morgan fingerprint density at radius 2 is 1.00 bits per heavy atom. The first-order valence-electron chi connectivity index (χ1n) is 5.05. The third-order valence-corrected chi connectivity index (χ3v) is 2.66. The molecule has 0 fully saturated rings. The molecule has 0 spiro atoms. The summed E-state index contributed by atoms with van der Waals surface area (Å²) in [5.41, 5.74) is 0. The molecule has 80 valence electrons. The molecule has 3 rings (SSSR count). The van der Waals surface area contributed by atoms with Crippen molar-refractivity contribution in [3.8, 4) is 0 Å². The molecule has 0 saturated heterocycles. The maximum absolute atomic E-state index is 4.08. The van der Waals surface area contributed by atoms with Crippen LogP contribution in [0.4, 0.5) is 0 Å². The van der Waals surface area contributed by atoms with Gasteiger partial charge in [-0.05, 0) is 18.6 Å². The molecule has 0 aliphatic carbocycles. The van der Waals surface area contributed by atoms with E-state index >= 15 is 0 Å². The maximum Gasteiger partial charge on any atom is 1.00 e. The number of hydrogen-bond acceptors (Lipinski definition) is 3. The minimum atomic E-state index is -0.979. The molecule has 6 nitrogen and oxygen atoms in total. The van der Waals surface area contributed by atoms with Gasteiger partial charge in [0.1, 0.15) is 0 Å². The van der Waals surface area contributed by atoms with Crippen LogP contribution >= 0.6 is 0 Å². The molecular formula is C9H10BN6Na. The zero-order valence-electron chi connectivity index (χ0n) is 9.59. The van der Waals surface area contributed by atoms with Crippen LogP contribution in [0.3, 0.4) is 0 Å². The van der Waals surface area contributed by atoms with E-state index in [0.29, 0.717) is 0 Å². The van der Waals surface area contributed by atoms with Crippen LogP contribution < -0.4 is 29.6 Å². The minimum absolute atomic E-state index is 0. The van der Waals surface area contributed by atoms with Crippen LogP contribution in [0.15, 0.2) is 56.2 Å². The maximum atomic E-state index is 4.08. The number of hydrogen-bond donors (Lipinski definition) is 0. The first-order valence-corrected chi connectivity index (χ1v) is 5.05. The van der Waals surface area contributed by atoms with E-state index in [1.165, 1.54) is 0 Å². The number of rotatable bonds is 3. The fourth-order valence-corrected chi connectivity index (χ4v) is 1.93. The summed E-state index contributed by atoms with van der Waals surface area (Å²) in [6.45, 7) is 0. The van der Waals surface area contributed by atoms with E-state index in [1.807, 2.05) is 18.6 Å². The molecule has 0 unspecified atom stereocenters. The van der Waals surface area contributed by atoms with Gasteiger partial charge in [-0.2, -0.15) is 0 Å². The van der Waals surface area contributed by atoms with Crippen molar-refractivity contribution in [1.29, 1.82) is 0 Å². The second kappa shape index (κ2) is 5.35. The van der Waals surface area contributed by atoms with Gasteiger partial charge in [0.05, 0.1) is 19.0 Å². The molecule has 0 amide bonds. The molecule has 0 aromatic carbocycles. The topological polar surface area (TPSA) is 53.5 Å². The van der Waals surface area contributed by atoms with E-state index in [1.54, 1.807) is 37.6 Å². The third kappa shape index (κ3) is 2.36. The normalized spacial score (nSPS) is 10.4. The van der Waals surface area contributed by atoms with Gasteiger partial charge in [0.2, 0.25) is 0 Å². The zero-order valence-corrected chi connectivity index (χ0v) is 11.6. The van der Waals surface area contributed by atoms with Crippen molar-refractivity contribution in [2.75, 3.05) is 0 Å². The number of nitrogens with zero attached hydrogens (tertiary/aromatic N) is 6. The van der Waals surface area contributed by atoms with E-state index < -0.39 is 7.12 Å². The van der Waals surface area contributed by atoms with Gasteiger partial charge in [0.15, 0.2) is 0 Å². The monoisotopic (exact) mass is 236 g/mol. The van der Waals surface area contributed by atoms with Gasteiger partial charge in [-0.25, -0.2) is 15.0 Å². The Bertz CT molecular complexity index is 451. The van der Waals surface area contributed by atoms with Gasteiger partial charge in [-0.1, -0.05) is 0 Å². The van der Waals surface area contributed by atoms with E-state index in [-0.39, 0.29) is 29.6 Å². The number of imidazole rings is 3. The summed E-state index contributed by atoms with van der Waals surface area (Å²) in [6.07, 6.45) is 16.6. The summed E-state index contributed by atoms with van der Waals surface area (Å²) in [7, 11) is -0.979. The van der Waals surface area contributed by atoms with Gasteiger partial charge >= 0.3 is 29.6 Å². The molecule has 17 heavy (non-hydrogen) atoms. The van der Waals surface area contributed by atoms with Crippen LogP contribution in [-0.4, -0.2) is 35.5 Å². The molecule has 0 aliphatic rings. The third-order valence-electron chi connectivity index (χ3n) is 2.66. The molecule has 3 aromatic rings. The molecule has 3 heterocycles.